The zero-order valence-corrected chi connectivity index (χ0v) is 16.5. The summed E-state index contributed by atoms with van der Waals surface area (Å²) in [5.41, 5.74) is 5.69. The number of hydrogen-bond acceptors (Lipinski definition) is 3. The summed E-state index contributed by atoms with van der Waals surface area (Å²) in [5, 5.41) is 12.9. The van der Waals surface area contributed by atoms with Gasteiger partial charge in [-0.3, -0.25) is 0 Å². The Bertz CT molecular complexity index is 898. The van der Waals surface area contributed by atoms with Crippen LogP contribution in [0.2, 0.25) is 0 Å². The van der Waals surface area contributed by atoms with E-state index in [4.69, 9.17) is 4.74 Å². The topological polar surface area (TPSA) is 41.5 Å². The van der Waals surface area contributed by atoms with E-state index in [1.165, 1.54) is 11.1 Å². The summed E-state index contributed by atoms with van der Waals surface area (Å²) in [7, 11) is 0. The summed E-state index contributed by atoms with van der Waals surface area (Å²) in [4.78, 5) is 0. The van der Waals surface area contributed by atoms with E-state index >= 15 is 0 Å². The number of ether oxygens (including phenoxy) is 1. The van der Waals surface area contributed by atoms with Gasteiger partial charge in [0.2, 0.25) is 0 Å². The molecule has 0 heterocycles. The summed E-state index contributed by atoms with van der Waals surface area (Å²) in [6, 6.07) is 25.9. The van der Waals surface area contributed by atoms with Crippen molar-refractivity contribution in [3.63, 3.8) is 0 Å². The molecular formula is C25H27NO2. The van der Waals surface area contributed by atoms with Crippen LogP contribution in [0.25, 0.3) is 11.1 Å². The molecule has 0 amide bonds. The SMILES string of the molecule is CCNCCOc1ccc(/C(=C(\C)c2ccccc2)c2ccc(O)cc2)cc1. The summed E-state index contributed by atoms with van der Waals surface area (Å²) in [6.45, 7) is 6.65. The van der Waals surface area contributed by atoms with Crippen molar-refractivity contribution in [1.29, 1.82) is 0 Å². The van der Waals surface area contributed by atoms with Gasteiger partial charge < -0.3 is 15.2 Å². The van der Waals surface area contributed by atoms with Gasteiger partial charge >= 0.3 is 0 Å². The molecule has 0 unspecified atom stereocenters. The van der Waals surface area contributed by atoms with Crippen molar-refractivity contribution in [3.05, 3.63) is 95.6 Å². The van der Waals surface area contributed by atoms with Gasteiger partial charge in [-0.2, -0.15) is 0 Å². The van der Waals surface area contributed by atoms with E-state index in [1.54, 1.807) is 12.1 Å². The molecule has 0 saturated heterocycles. The molecule has 0 fully saturated rings. The van der Waals surface area contributed by atoms with Crippen LogP contribution in [-0.2, 0) is 0 Å². The molecule has 0 bridgehead atoms. The fourth-order valence-corrected chi connectivity index (χ4v) is 3.20. The quantitative estimate of drug-likeness (QED) is 0.413. The van der Waals surface area contributed by atoms with Gasteiger partial charge in [0.05, 0.1) is 0 Å². The Balaban J connectivity index is 1.94. The maximum absolute atomic E-state index is 9.68. The van der Waals surface area contributed by atoms with Gasteiger partial charge in [-0.25, -0.2) is 0 Å². The molecule has 0 aliphatic heterocycles. The molecule has 0 radical (unpaired) electrons. The summed E-state index contributed by atoms with van der Waals surface area (Å²) < 4.78 is 5.80. The van der Waals surface area contributed by atoms with Crippen LogP contribution in [0.1, 0.15) is 30.5 Å². The first-order valence-corrected chi connectivity index (χ1v) is 9.68. The van der Waals surface area contributed by atoms with Crippen molar-refractivity contribution in [2.24, 2.45) is 0 Å². The van der Waals surface area contributed by atoms with Crippen LogP contribution in [0.5, 0.6) is 11.5 Å². The second-order valence-electron chi connectivity index (χ2n) is 6.64. The smallest absolute Gasteiger partial charge is 0.119 e. The summed E-state index contributed by atoms with van der Waals surface area (Å²) in [5.74, 6) is 1.13. The van der Waals surface area contributed by atoms with Gasteiger partial charge in [0.15, 0.2) is 0 Å². The third-order valence-electron chi connectivity index (χ3n) is 4.68. The van der Waals surface area contributed by atoms with E-state index < -0.39 is 0 Å². The lowest BCUT2D eigenvalue weighted by atomic mass is 9.90. The zero-order chi connectivity index (χ0) is 19.8. The van der Waals surface area contributed by atoms with Crippen LogP contribution in [0.15, 0.2) is 78.9 Å². The molecule has 0 spiro atoms. The number of rotatable bonds is 8. The molecule has 0 atom stereocenters. The van der Waals surface area contributed by atoms with E-state index in [0.717, 1.165) is 35.5 Å². The van der Waals surface area contributed by atoms with Crippen molar-refractivity contribution < 1.29 is 9.84 Å². The Morgan fingerprint density at radius 2 is 1.43 bits per heavy atom. The first kappa shape index (κ1) is 19.7. The highest BCUT2D eigenvalue weighted by molar-refractivity contribution is 5.97. The molecule has 3 heteroatoms. The van der Waals surface area contributed by atoms with E-state index in [2.05, 4.69) is 55.6 Å². The Labute approximate surface area is 167 Å². The molecule has 3 rings (SSSR count). The van der Waals surface area contributed by atoms with E-state index in [0.29, 0.717) is 6.61 Å². The summed E-state index contributed by atoms with van der Waals surface area (Å²) >= 11 is 0. The van der Waals surface area contributed by atoms with Crippen LogP contribution in [0, 0.1) is 0 Å². The molecule has 144 valence electrons. The standard InChI is InChI=1S/C25H27NO2/c1-3-26-17-18-28-24-15-11-22(12-16-24)25(21-9-13-23(27)14-10-21)19(2)20-7-5-4-6-8-20/h4-16,26-27H,3,17-18H2,1-2H3/b25-19+. The lowest BCUT2D eigenvalue weighted by Gasteiger charge is -2.15. The van der Waals surface area contributed by atoms with E-state index in [9.17, 15) is 5.11 Å². The van der Waals surface area contributed by atoms with Gasteiger partial charge in [0.25, 0.3) is 0 Å². The molecule has 3 aromatic rings. The predicted octanol–water partition coefficient (Wildman–Crippen LogP) is 5.36. The minimum atomic E-state index is 0.268. The van der Waals surface area contributed by atoms with Crippen LogP contribution in [0.4, 0.5) is 0 Å². The van der Waals surface area contributed by atoms with Crippen molar-refractivity contribution in [1.82, 2.24) is 5.32 Å². The number of allylic oxidation sites excluding steroid dienone is 1. The Hall–Kier alpha value is -3.04. The minimum absolute atomic E-state index is 0.268. The van der Waals surface area contributed by atoms with Gasteiger partial charge in [0, 0.05) is 6.54 Å². The number of aromatic hydroxyl groups is 1. The second-order valence-corrected chi connectivity index (χ2v) is 6.64. The van der Waals surface area contributed by atoms with Crippen LogP contribution >= 0.6 is 0 Å². The van der Waals surface area contributed by atoms with E-state index in [-0.39, 0.29) is 5.75 Å². The third-order valence-corrected chi connectivity index (χ3v) is 4.68. The molecule has 0 aliphatic carbocycles. The first-order chi connectivity index (χ1) is 13.7. The fourth-order valence-electron chi connectivity index (χ4n) is 3.20. The average Bonchev–Trinajstić information content (AvgIpc) is 2.74. The Kier molecular flexibility index (Phi) is 6.88. The predicted molar refractivity (Wildman–Crippen MR) is 117 cm³/mol. The lowest BCUT2D eigenvalue weighted by Crippen LogP contribution is -2.20. The maximum Gasteiger partial charge on any atom is 0.119 e. The minimum Gasteiger partial charge on any atom is -0.508 e. The van der Waals surface area contributed by atoms with Crippen LogP contribution in [0.3, 0.4) is 0 Å². The highest BCUT2D eigenvalue weighted by Crippen LogP contribution is 2.33. The monoisotopic (exact) mass is 373 g/mol. The highest BCUT2D eigenvalue weighted by Gasteiger charge is 2.11. The largest absolute Gasteiger partial charge is 0.508 e. The van der Waals surface area contributed by atoms with Gasteiger partial charge in [-0.05, 0) is 65.6 Å². The number of phenols is 1. The van der Waals surface area contributed by atoms with Crippen LogP contribution in [-0.4, -0.2) is 24.8 Å². The fraction of sp³-hybridized carbons (Fsp3) is 0.200. The molecule has 2 N–H and O–H groups in total. The number of likely N-dealkylation sites (N-methyl/N-ethyl adjacent to an activating group) is 1. The molecule has 0 aliphatic rings. The van der Waals surface area contributed by atoms with Gasteiger partial charge in [0.1, 0.15) is 18.1 Å². The summed E-state index contributed by atoms with van der Waals surface area (Å²) in [6.07, 6.45) is 0. The van der Waals surface area contributed by atoms with Crippen molar-refractivity contribution in [2.45, 2.75) is 13.8 Å². The molecular weight excluding hydrogens is 346 g/mol. The second kappa shape index (κ2) is 9.77. The average molecular weight is 373 g/mol. The first-order valence-electron chi connectivity index (χ1n) is 9.68. The van der Waals surface area contributed by atoms with E-state index in [1.807, 2.05) is 30.3 Å². The van der Waals surface area contributed by atoms with Crippen molar-refractivity contribution in [2.75, 3.05) is 19.7 Å². The Morgan fingerprint density at radius 1 is 0.821 bits per heavy atom. The number of phenolic OH excluding ortho intramolecular Hbond substituents is 1. The number of benzene rings is 3. The highest BCUT2D eigenvalue weighted by atomic mass is 16.5. The van der Waals surface area contributed by atoms with Crippen molar-refractivity contribution >= 4 is 11.1 Å². The number of nitrogens with one attached hydrogen (secondary N) is 1. The van der Waals surface area contributed by atoms with Gasteiger partial charge in [-0.1, -0.05) is 61.5 Å². The molecule has 3 aromatic carbocycles. The van der Waals surface area contributed by atoms with Gasteiger partial charge in [-0.15, -0.1) is 0 Å². The molecule has 3 nitrogen and oxygen atoms in total. The van der Waals surface area contributed by atoms with Crippen LogP contribution < -0.4 is 10.1 Å². The lowest BCUT2D eigenvalue weighted by molar-refractivity contribution is 0.315. The molecule has 28 heavy (non-hydrogen) atoms. The molecule has 0 aromatic heterocycles. The normalized spacial score (nSPS) is 11.8. The molecule has 0 saturated carbocycles. The zero-order valence-electron chi connectivity index (χ0n) is 16.5. The Morgan fingerprint density at radius 3 is 2.04 bits per heavy atom. The maximum atomic E-state index is 9.68. The third kappa shape index (κ3) is 5.02. The number of hydrogen-bond donors (Lipinski definition) is 2. The van der Waals surface area contributed by atoms with Crippen molar-refractivity contribution in [3.8, 4) is 11.5 Å².